The SMILES string of the molecule is Cc1ccccc1-c1nc(CC(=O)N2CCN(C(=O)COc3ccccc3)C(C)C2)no1. The summed E-state index contributed by atoms with van der Waals surface area (Å²) >= 11 is 0. The first-order chi connectivity index (χ1) is 15.5. The second-order valence-electron chi connectivity index (χ2n) is 7.89. The number of carbonyl (C=O) groups is 2. The van der Waals surface area contributed by atoms with Crippen molar-refractivity contribution in [2.75, 3.05) is 26.2 Å². The molecule has 1 aliphatic heterocycles. The molecule has 2 heterocycles. The van der Waals surface area contributed by atoms with Crippen molar-refractivity contribution in [2.45, 2.75) is 26.3 Å². The van der Waals surface area contributed by atoms with Gasteiger partial charge in [-0.2, -0.15) is 4.98 Å². The first kappa shape index (κ1) is 21.5. The summed E-state index contributed by atoms with van der Waals surface area (Å²) in [4.78, 5) is 33.3. The molecule has 1 fully saturated rings. The van der Waals surface area contributed by atoms with E-state index in [1.54, 1.807) is 9.80 Å². The highest BCUT2D eigenvalue weighted by Gasteiger charge is 2.30. The van der Waals surface area contributed by atoms with Gasteiger partial charge in [0.2, 0.25) is 5.91 Å². The van der Waals surface area contributed by atoms with Crippen LogP contribution >= 0.6 is 0 Å². The van der Waals surface area contributed by atoms with E-state index < -0.39 is 0 Å². The summed E-state index contributed by atoms with van der Waals surface area (Å²) in [6, 6.07) is 16.9. The van der Waals surface area contributed by atoms with Crippen molar-refractivity contribution in [3.05, 3.63) is 66.0 Å². The maximum absolute atomic E-state index is 12.8. The van der Waals surface area contributed by atoms with Gasteiger partial charge < -0.3 is 19.1 Å². The zero-order valence-electron chi connectivity index (χ0n) is 18.2. The fraction of sp³-hybridized carbons (Fsp3) is 0.333. The third-order valence-electron chi connectivity index (χ3n) is 5.56. The molecule has 2 amide bonds. The van der Waals surface area contributed by atoms with Crippen molar-refractivity contribution in [3.63, 3.8) is 0 Å². The lowest BCUT2D eigenvalue weighted by Crippen LogP contribution is -2.56. The number of amides is 2. The average molecular weight is 434 g/mol. The van der Waals surface area contributed by atoms with E-state index in [1.165, 1.54) is 0 Å². The highest BCUT2D eigenvalue weighted by molar-refractivity contribution is 5.80. The van der Waals surface area contributed by atoms with Crippen LogP contribution in [0.25, 0.3) is 11.5 Å². The Labute approximate surface area is 186 Å². The number of nitrogens with zero attached hydrogens (tertiary/aromatic N) is 4. The molecule has 32 heavy (non-hydrogen) atoms. The quantitative estimate of drug-likeness (QED) is 0.593. The minimum Gasteiger partial charge on any atom is -0.484 e. The molecule has 1 saturated heterocycles. The summed E-state index contributed by atoms with van der Waals surface area (Å²) in [5.41, 5.74) is 1.89. The summed E-state index contributed by atoms with van der Waals surface area (Å²) in [6.45, 7) is 5.26. The number of carbonyl (C=O) groups excluding carboxylic acids is 2. The van der Waals surface area contributed by atoms with Crippen LogP contribution in [0, 0.1) is 6.92 Å². The van der Waals surface area contributed by atoms with Gasteiger partial charge >= 0.3 is 0 Å². The molecule has 0 aliphatic carbocycles. The molecule has 0 radical (unpaired) electrons. The number of hydrogen-bond acceptors (Lipinski definition) is 6. The smallest absolute Gasteiger partial charge is 0.260 e. The van der Waals surface area contributed by atoms with E-state index >= 15 is 0 Å². The number of rotatable bonds is 6. The lowest BCUT2D eigenvalue weighted by atomic mass is 10.1. The van der Waals surface area contributed by atoms with E-state index in [-0.39, 0.29) is 30.9 Å². The van der Waals surface area contributed by atoms with E-state index in [0.717, 1.165) is 11.1 Å². The zero-order chi connectivity index (χ0) is 22.5. The van der Waals surface area contributed by atoms with Gasteiger partial charge in [-0.3, -0.25) is 9.59 Å². The summed E-state index contributed by atoms with van der Waals surface area (Å²) in [5, 5.41) is 3.97. The highest BCUT2D eigenvalue weighted by Crippen LogP contribution is 2.21. The maximum Gasteiger partial charge on any atom is 0.260 e. The molecule has 3 aromatic rings. The number of piperazine rings is 1. The van der Waals surface area contributed by atoms with Crippen LogP contribution in [0.1, 0.15) is 18.3 Å². The second-order valence-corrected chi connectivity index (χ2v) is 7.89. The van der Waals surface area contributed by atoms with Gasteiger partial charge in [0.1, 0.15) is 5.75 Å². The largest absolute Gasteiger partial charge is 0.484 e. The molecule has 0 spiro atoms. The van der Waals surface area contributed by atoms with Gasteiger partial charge in [-0.05, 0) is 37.6 Å². The van der Waals surface area contributed by atoms with E-state index in [2.05, 4.69) is 10.1 Å². The van der Waals surface area contributed by atoms with Crippen molar-refractivity contribution in [1.82, 2.24) is 19.9 Å². The molecule has 1 aliphatic rings. The van der Waals surface area contributed by atoms with Gasteiger partial charge in [0.25, 0.3) is 11.8 Å². The predicted octanol–water partition coefficient (Wildman–Crippen LogP) is 2.73. The third-order valence-corrected chi connectivity index (χ3v) is 5.56. The molecule has 1 aromatic heterocycles. The molecule has 1 atom stereocenters. The van der Waals surface area contributed by atoms with Gasteiger partial charge in [0.05, 0.1) is 6.42 Å². The van der Waals surface area contributed by atoms with Crippen molar-refractivity contribution in [1.29, 1.82) is 0 Å². The van der Waals surface area contributed by atoms with E-state index in [1.807, 2.05) is 68.4 Å². The minimum absolute atomic E-state index is 0.0210. The van der Waals surface area contributed by atoms with Crippen LogP contribution in [0.2, 0.25) is 0 Å². The number of ether oxygens (including phenoxy) is 1. The van der Waals surface area contributed by atoms with Crippen LogP contribution in [0.5, 0.6) is 5.75 Å². The Morgan fingerprint density at radius 2 is 1.81 bits per heavy atom. The van der Waals surface area contributed by atoms with E-state index in [0.29, 0.717) is 37.1 Å². The Balaban J connectivity index is 1.30. The first-order valence-corrected chi connectivity index (χ1v) is 10.6. The van der Waals surface area contributed by atoms with Crippen molar-refractivity contribution in [3.8, 4) is 17.2 Å². The lowest BCUT2D eigenvalue weighted by Gasteiger charge is -2.39. The Bertz CT molecular complexity index is 1080. The lowest BCUT2D eigenvalue weighted by molar-refractivity contribution is -0.143. The van der Waals surface area contributed by atoms with E-state index in [9.17, 15) is 9.59 Å². The van der Waals surface area contributed by atoms with Crippen LogP contribution in [0.3, 0.4) is 0 Å². The predicted molar refractivity (Wildman–Crippen MR) is 118 cm³/mol. The van der Waals surface area contributed by atoms with Crippen LogP contribution in [-0.2, 0) is 16.0 Å². The Morgan fingerprint density at radius 3 is 2.56 bits per heavy atom. The molecule has 0 N–H and O–H groups in total. The number of aryl methyl sites for hydroxylation is 1. The molecule has 0 bridgehead atoms. The molecule has 8 heteroatoms. The average Bonchev–Trinajstić information content (AvgIpc) is 3.26. The molecular formula is C24H26N4O4. The monoisotopic (exact) mass is 434 g/mol. The Hall–Kier alpha value is -3.68. The second kappa shape index (κ2) is 9.64. The van der Waals surface area contributed by atoms with Gasteiger partial charge in [-0.25, -0.2) is 0 Å². The molecule has 4 rings (SSSR count). The highest BCUT2D eigenvalue weighted by atomic mass is 16.5. The number of aromatic nitrogens is 2. The molecular weight excluding hydrogens is 408 g/mol. The molecule has 2 aromatic carbocycles. The Morgan fingerprint density at radius 1 is 1.06 bits per heavy atom. The van der Waals surface area contributed by atoms with Gasteiger partial charge in [-0.15, -0.1) is 0 Å². The first-order valence-electron chi connectivity index (χ1n) is 10.6. The third kappa shape index (κ3) is 4.96. The normalized spacial score (nSPS) is 16.1. The summed E-state index contributed by atoms with van der Waals surface area (Å²) in [5.74, 6) is 1.26. The molecule has 166 valence electrons. The van der Waals surface area contributed by atoms with Crippen LogP contribution in [0.4, 0.5) is 0 Å². The van der Waals surface area contributed by atoms with Crippen molar-refractivity contribution < 1.29 is 18.8 Å². The standard InChI is InChI=1S/C24H26N4O4/c1-17-8-6-7-11-20(17)24-25-21(26-32-24)14-22(29)27-12-13-28(18(2)15-27)23(30)16-31-19-9-4-3-5-10-19/h3-11,18H,12-16H2,1-2H3. The van der Waals surface area contributed by atoms with E-state index in [4.69, 9.17) is 9.26 Å². The van der Waals surface area contributed by atoms with Crippen LogP contribution in [-0.4, -0.2) is 64.0 Å². The molecule has 1 unspecified atom stereocenters. The van der Waals surface area contributed by atoms with Gasteiger partial charge in [-0.1, -0.05) is 41.6 Å². The Kier molecular flexibility index (Phi) is 6.49. The molecule has 0 saturated carbocycles. The van der Waals surface area contributed by atoms with Crippen molar-refractivity contribution >= 4 is 11.8 Å². The van der Waals surface area contributed by atoms with Gasteiger partial charge in [0, 0.05) is 31.2 Å². The van der Waals surface area contributed by atoms with Crippen LogP contribution in [0.15, 0.2) is 59.1 Å². The van der Waals surface area contributed by atoms with Crippen molar-refractivity contribution in [2.24, 2.45) is 0 Å². The maximum atomic E-state index is 12.8. The summed E-state index contributed by atoms with van der Waals surface area (Å²) in [6.07, 6.45) is 0.0627. The fourth-order valence-electron chi connectivity index (χ4n) is 3.79. The summed E-state index contributed by atoms with van der Waals surface area (Å²) in [7, 11) is 0. The zero-order valence-corrected chi connectivity index (χ0v) is 18.2. The number of para-hydroxylation sites is 1. The van der Waals surface area contributed by atoms with Gasteiger partial charge in [0.15, 0.2) is 12.4 Å². The number of benzene rings is 2. The summed E-state index contributed by atoms with van der Waals surface area (Å²) < 4.78 is 10.9. The molecule has 8 nitrogen and oxygen atoms in total. The minimum atomic E-state index is -0.104. The fourth-order valence-corrected chi connectivity index (χ4v) is 3.79. The van der Waals surface area contributed by atoms with Crippen LogP contribution < -0.4 is 4.74 Å². The number of hydrogen-bond donors (Lipinski definition) is 0. The topological polar surface area (TPSA) is 88.8 Å².